The summed E-state index contributed by atoms with van der Waals surface area (Å²) in [4.78, 5) is 0. The second-order valence-electron chi connectivity index (χ2n) is 2.75. The van der Waals surface area contributed by atoms with Crippen molar-refractivity contribution in [1.29, 1.82) is 0 Å². The van der Waals surface area contributed by atoms with Gasteiger partial charge in [0.1, 0.15) is 5.76 Å². The van der Waals surface area contributed by atoms with Gasteiger partial charge in [-0.15, -0.1) is 0 Å². The lowest BCUT2D eigenvalue weighted by Crippen LogP contribution is -2.40. The van der Waals surface area contributed by atoms with Gasteiger partial charge in [0.25, 0.3) is 0 Å². The summed E-state index contributed by atoms with van der Waals surface area (Å²) < 4.78 is 5.09. The highest BCUT2D eigenvalue weighted by Gasteiger charge is 2.26. The molecule has 1 fully saturated rings. The lowest BCUT2D eigenvalue weighted by molar-refractivity contribution is 0.149. The summed E-state index contributed by atoms with van der Waals surface area (Å²) in [6.45, 7) is 4.94. The third-order valence-electron chi connectivity index (χ3n) is 2.17. The topological polar surface area (TPSA) is 24.5 Å². The largest absolute Gasteiger partial charge is 0.500 e. The van der Waals surface area contributed by atoms with Crippen LogP contribution in [0.4, 0.5) is 0 Å². The van der Waals surface area contributed by atoms with E-state index in [2.05, 4.69) is 17.0 Å². The van der Waals surface area contributed by atoms with Gasteiger partial charge < -0.3 is 4.74 Å². The van der Waals surface area contributed by atoms with Crippen LogP contribution in [0.15, 0.2) is 12.3 Å². The summed E-state index contributed by atoms with van der Waals surface area (Å²) in [5.74, 6) is 0.858. The maximum Gasteiger partial charge on any atom is 0.107 e. The first kappa shape index (κ1) is 8.56. The molecule has 0 bridgehead atoms. The molecule has 0 aromatic heterocycles. The Bertz CT molecular complexity index is 147. The zero-order valence-corrected chi connectivity index (χ0v) is 7.26. The molecular formula is C8H16N2O. The minimum absolute atomic E-state index is 0.366. The molecule has 0 spiro atoms. The van der Waals surface area contributed by atoms with E-state index in [9.17, 15) is 0 Å². The molecule has 11 heavy (non-hydrogen) atoms. The fourth-order valence-electron chi connectivity index (χ4n) is 1.51. The molecule has 3 heteroatoms. The van der Waals surface area contributed by atoms with E-state index in [0.29, 0.717) is 6.04 Å². The van der Waals surface area contributed by atoms with Gasteiger partial charge in [0.15, 0.2) is 0 Å². The monoisotopic (exact) mass is 156 g/mol. The summed E-state index contributed by atoms with van der Waals surface area (Å²) in [6, 6.07) is 0.366. The summed E-state index contributed by atoms with van der Waals surface area (Å²) in [5.41, 5.74) is 3.12. The average Bonchev–Trinajstić information content (AvgIpc) is 2.50. The van der Waals surface area contributed by atoms with E-state index in [1.807, 2.05) is 7.05 Å². The minimum atomic E-state index is 0.366. The van der Waals surface area contributed by atoms with Crippen molar-refractivity contribution in [3.63, 3.8) is 0 Å². The second kappa shape index (κ2) is 3.74. The van der Waals surface area contributed by atoms with Crippen LogP contribution in [0.2, 0.25) is 0 Å². The van der Waals surface area contributed by atoms with Crippen molar-refractivity contribution in [1.82, 2.24) is 10.4 Å². The van der Waals surface area contributed by atoms with Crippen LogP contribution in [0.25, 0.3) is 0 Å². The normalized spacial score (nSPS) is 25.5. The number of hydrogen-bond acceptors (Lipinski definition) is 3. The van der Waals surface area contributed by atoms with E-state index in [1.54, 1.807) is 7.11 Å². The zero-order valence-electron chi connectivity index (χ0n) is 7.26. The number of hydrazine groups is 1. The predicted octanol–water partition coefficient (Wildman–Crippen LogP) is 0.745. The molecule has 1 rings (SSSR count). The fraction of sp³-hybridized carbons (Fsp3) is 0.750. The Balaban J connectivity index is 2.49. The fourth-order valence-corrected chi connectivity index (χ4v) is 1.51. The van der Waals surface area contributed by atoms with Gasteiger partial charge >= 0.3 is 0 Å². The van der Waals surface area contributed by atoms with E-state index >= 15 is 0 Å². The minimum Gasteiger partial charge on any atom is -0.500 e. The summed E-state index contributed by atoms with van der Waals surface area (Å²) in [7, 11) is 3.61. The summed E-state index contributed by atoms with van der Waals surface area (Å²) >= 11 is 0. The SMILES string of the molecule is C=C(OC)C1CCCN1NC. The van der Waals surface area contributed by atoms with Gasteiger partial charge in [0, 0.05) is 6.54 Å². The first-order valence-corrected chi connectivity index (χ1v) is 3.96. The standard InChI is InChI=1S/C8H16N2O/c1-7(11-3)8-5-4-6-10(8)9-2/h8-9H,1,4-6H2,2-3H3. The molecule has 1 N–H and O–H groups in total. The van der Waals surface area contributed by atoms with Crippen LogP contribution < -0.4 is 5.43 Å². The first-order chi connectivity index (χ1) is 5.29. The Morgan fingerprint density at radius 2 is 2.45 bits per heavy atom. The average molecular weight is 156 g/mol. The number of ether oxygens (including phenoxy) is 1. The van der Waals surface area contributed by atoms with Crippen LogP contribution in [-0.4, -0.2) is 31.8 Å². The van der Waals surface area contributed by atoms with Crippen molar-refractivity contribution < 1.29 is 4.74 Å². The van der Waals surface area contributed by atoms with Gasteiger partial charge in [0.05, 0.1) is 13.2 Å². The molecule has 1 saturated heterocycles. The molecule has 0 amide bonds. The number of nitrogens with zero attached hydrogens (tertiary/aromatic N) is 1. The smallest absolute Gasteiger partial charge is 0.107 e. The van der Waals surface area contributed by atoms with E-state index in [0.717, 1.165) is 18.7 Å². The molecular weight excluding hydrogens is 140 g/mol. The molecule has 1 heterocycles. The van der Waals surface area contributed by atoms with Crippen molar-refractivity contribution in [3.05, 3.63) is 12.3 Å². The second-order valence-corrected chi connectivity index (χ2v) is 2.75. The molecule has 0 aliphatic carbocycles. The van der Waals surface area contributed by atoms with E-state index in [-0.39, 0.29) is 0 Å². The van der Waals surface area contributed by atoms with Gasteiger partial charge in [-0.1, -0.05) is 6.58 Å². The molecule has 0 aromatic carbocycles. The molecule has 0 aromatic rings. The molecule has 0 saturated carbocycles. The number of hydrogen-bond donors (Lipinski definition) is 1. The van der Waals surface area contributed by atoms with E-state index < -0.39 is 0 Å². The van der Waals surface area contributed by atoms with Gasteiger partial charge in [0.2, 0.25) is 0 Å². The van der Waals surface area contributed by atoms with Crippen LogP contribution in [0, 0.1) is 0 Å². The van der Waals surface area contributed by atoms with Crippen LogP contribution in [0.3, 0.4) is 0 Å². The number of rotatable bonds is 3. The lowest BCUT2D eigenvalue weighted by atomic mass is 10.2. The Morgan fingerprint density at radius 1 is 1.73 bits per heavy atom. The lowest BCUT2D eigenvalue weighted by Gasteiger charge is -2.23. The van der Waals surface area contributed by atoms with Crippen LogP contribution in [0.5, 0.6) is 0 Å². The first-order valence-electron chi connectivity index (χ1n) is 3.96. The number of nitrogens with one attached hydrogen (secondary N) is 1. The molecule has 1 unspecified atom stereocenters. The van der Waals surface area contributed by atoms with Crippen molar-refractivity contribution in [2.24, 2.45) is 0 Å². The van der Waals surface area contributed by atoms with Gasteiger partial charge in [-0.2, -0.15) is 0 Å². The molecule has 3 nitrogen and oxygen atoms in total. The predicted molar refractivity (Wildman–Crippen MR) is 44.9 cm³/mol. The quantitative estimate of drug-likeness (QED) is 0.610. The molecule has 64 valence electrons. The molecule has 1 aliphatic rings. The Hall–Kier alpha value is -0.540. The van der Waals surface area contributed by atoms with Crippen molar-refractivity contribution in [2.45, 2.75) is 18.9 Å². The third-order valence-corrected chi connectivity index (χ3v) is 2.17. The molecule has 1 atom stereocenters. The highest BCUT2D eigenvalue weighted by molar-refractivity contribution is 4.99. The van der Waals surface area contributed by atoms with Gasteiger partial charge in [-0.3, -0.25) is 5.43 Å². The van der Waals surface area contributed by atoms with Crippen LogP contribution in [-0.2, 0) is 4.74 Å². The summed E-state index contributed by atoms with van der Waals surface area (Å²) in [5, 5.41) is 2.16. The van der Waals surface area contributed by atoms with Gasteiger partial charge in [-0.25, -0.2) is 5.01 Å². The molecule has 1 aliphatic heterocycles. The van der Waals surface area contributed by atoms with Crippen molar-refractivity contribution in [2.75, 3.05) is 20.7 Å². The highest BCUT2D eigenvalue weighted by atomic mass is 16.5. The maximum absolute atomic E-state index is 5.09. The Kier molecular flexibility index (Phi) is 2.91. The number of methoxy groups -OCH3 is 1. The van der Waals surface area contributed by atoms with E-state index in [4.69, 9.17) is 4.74 Å². The van der Waals surface area contributed by atoms with Crippen molar-refractivity contribution in [3.8, 4) is 0 Å². The Morgan fingerprint density at radius 3 is 3.00 bits per heavy atom. The van der Waals surface area contributed by atoms with Gasteiger partial charge in [-0.05, 0) is 19.9 Å². The Labute approximate surface area is 68.0 Å². The molecule has 0 radical (unpaired) electrons. The zero-order chi connectivity index (χ0) is 8.27. The third kappa shape index (κ3) is 1.73. The van der Waals surface area contributed by atoms with Crippen LogP contribution in [0.1, 0.15) is 12.8 Å². The highest BCUT2D eigenvalue weighted by Crippen LogP contribution is 2.20. The van der Waals surface area contributed by atoms with E-state index in [1.165, 1.54) is 6.42 Å². The van der Waals surface area contributed by atoms with Crippen LogP contribution >= 0.6 is 0 Å². The maximum atomic E-state index is 5.09. The van der Waals surface area contributed by atoms with Crippen molar-refractivity contribution >= 4 is 0 Å². The summed E-state index contributed by atoms with van der Waals surface area (Å²) in [6.07, 6.45) is 2.36.